The lowest BCUT2D eigenvalue weighted by atomic mass is 10.2. The number of hydrogen-bond acceptors (Lipinski definition) is 5. The molecule has 2 aromatic rings. The molecule has 0 saturated heterocycles. The number of carbonyl (C=O) groups excluding carboxylic acids is 1. The van der Waals surface area contributed by atoms with Crippen LogP contribution in [0.15, 0.2) is 22.1 Å². The van der Waals surface area contributed by atoms with Crippen LogP contribution >= 0.6 is 27.3 Å². The molecule has 0 aromatic carbocycles. The number of halogens is 1. The summed E-state index contributed by atoms with van der Waals surface area (Å²) in [6, 6.07) is 1.88. The van der Waals surface area contributed by atoms with Crippen LogP contribution in [-0.2, 0) is 16.4 Å². The topological polar surface area (TPSA) is 69.0 Å². The lowest BCUT2D eigenvalue weighted by Gasteiger charge is -1.98. The van der Waals surface area contributed by atoms with E-state index in [1.54, 1.807) is 6.20 Å². The average molecular weight is 363 g/mol. The summed E-state index contributed by atoms with van der Waals surface area (Å²) >= 11 is 4.82. The molecule has 2 aromatic heterocycles. The summed E-state index contributed by atoms with van der Waals surface area (Å²) in [6.45, 7) is 0.242. The molecule has 0 amide bonds. The Morgan fingerprint density at radius 2 is 2.26 bits per heavy atom. The van der Waals surface area contributed by atoms with E-state index in [1.165, 1.54) is 22.3 Å². The van der Waals surface area contributed by atoms with Crippen molar-refractivity contribution in [2.75, 3.05) is 12.0 Å². The van der Waals surface area contributed by atoms with Gasteiger partial charge in [0.2, 0.25) is 0 Å². The van der Waals surface area contributed by atoms with Gasteiger partial charge in [0.15, 0.2) is 6.29 Å². The van der Waals surface area contributed by atoms with Gasteiger partial charge in [-0.2, -0.15) is 5.10 Å². The third kappa shape index (κ3) is 3.74. The molecule has 0 fully saturated rings. The zero-order valence-corrected chi connectivity index (χ0v) is 13.3. The van der Waals surface area contributed by atoms with Crippen LogP contribution in [0.25, 0.3) is 10.6 Å². The minimum atomic E-state index is -3.05. The van der Waals surface area contributed by atoms with Gasteiger partial charge in [0, 0.05) is 22.3 Å². The summed E-state index contributed by atoms with van der Waals surface area (Å²) in [4.78, 5) is 11.9. The first-order valence-electron chi connectivity index (χ1n) is 5.34. The molecule has 0 bridgehead atoms. The molecule has 102 valence electrons. The molecule has 0 atom stereocenters. The molecule has 0 aliphatic carbocycles. The first-order chi connectivity index (χ1) is 8.89. The lowest BCUT2D eigenvalue weighted by molar-refractivity contribution is 0.112. The second-order valence-electron chi connectivity index (χ2n) is 4.07. The Balaban J connectivity index is 2.30. The van der Waals surface area contributed by atoms with Crippen molar-refractivity contribution in [3.8, 4) is 10.6 Å². The number of aromatic nitrogens is 2. The Bertz CT molecular complexity index is 703. The van der Waals surface area contributed by atoms with E-state index in [0.717, 1.165) is 15.6 Å². The van der Waals surface area contributed by atoms with Crippen LogP contribution in [0.5, 0.6) is 0 Å². The Kier molecular flexibility index (Phi) is 4.22. The third-order valence-electron chi connectivity index (χ3n) is 2.41. The Morgan fingerprint density at radius 3 is 2.79 bits per heavy atom. The number of aldehydes is 1. The van der Waals surface area contributed by atoms with Gasteiger partial charge < -0.3 is 0 Å². The molecule has 0 aliphatic rings. The van der Waals surface area contributed by atoms with Crippen molar-refractivity contribution in [3.05, 3.63) is 27.7 Å². The maximum Gasteiger partial charge on any atom is 0.153 e. The second kappa shape index (κ2) is 5.56. The monoisotopic (exact) mass is 362 g/mol. The number of rotatable bonds is 5. The Morgan fingerprint density at radius 1 is 1.53 bits per heavy atom. The Labute approximate surface area is 123 Å². The van der Waals surface area contributed by atoms with E-state index in [4.69, 9.17) is 0 Å². The van der Waals surface area contributed by atoms with E-state index in [1.807, 2.05) is 11.4 Å². The lowest BCUT2D eigenvalue weighted by Crippen LogP contribution is -2.11. The van der Waals surface area contributed by atoms with Crippen LogP contribution < -0.4 is 0 Å². The minimum absolute atomic E-state index is 0.000548. The van der Waals surface area contributed by atoms with Crippen LogP contribution in [0.1, 0.15) is 10.4 Å². The molecule has 0 aliphatic heterocycles. The average Bonchev–Trinajstić information content (AvgIpc) is 2.91. The van der Waals surface area contributed by atoms with E-state index in [-0.39, 0.29) is 12.3 Å². The van der Waals surface area contributed by atoms with Gasteiger partial charge >= 0.3 is 0 Å². The largest absolute Gasteiger partial charge is 0.298 e. The maximum atomic E-state index is 11.1. The number of aryl methyl sites for hydroxylation is 1. The van der Waals surface area contributed by atoms with Gasteiger partial charge in [-0.15, -0.1) is 11.3 Å². The highest BCUT2D eigenvalue weighted by Crippen LogP contribution is 2.30. The molecule has 0 spiro atoms. The summed E-state index contributed by atoms with van der Waals surface area (Å²) in [5, 5.41) is 6.18. The highest BCUT2D eigenvalue weighted by Gasteiger charge is 2.13. The quantitative estimate of drug-likeness (QED) is 0.764. The third-order valence-corrected chi connectivity index (χ3v) is 5.03. The summed E-state index contributed by atoms with van der Waals surface area (Å²) in [5.74, 6) is 0.000548. The molecule has 0 N–H and O–H groups in total. The van der Waals surface area contributed by atoms with Gasteiger partial charge in [0.1, 0.15) is 15.5 Å². The number of carbonyl (C=O) groups is 1. The van der Waals surface area contributed by atoms with Crippen molar-refractivity contribution >= 4 is 43.4 Å². The highest BCUT2D eigenvalue weighted by atomic mass is 79.9. The molecule has 0 radical (unpaired) electrons. The second-order valence-corrected chi connectivity index (χ2v) is 8.16. The molecular weight excluding hydrogens is 352 g/mol. The van der Waals surface area contributed by atoms with Crippen molar-refractivity contribution in [1.29, 1.82) is 0 Å². The van der Waals surface area contributed by atoms with E-state index in [9.17, 15) is 13.2 Å². The molecule has 19 heavy (non-hydrogen) atoms. The summed E-state index contributed by atoms with van der Waals surface area (Å²) in [5.41, 5.74) is 1.04. The van der Waals surface area contributed by atoms with Crippen LogP contribution in [-0.4, -0.2) is 36.5 Å². The van der Waals surface area contributed by atoms with Crippen LogP contribution in [0.3, 0.4) is 0 Å². The van der Waals surface area contributed by atoms with Crippen molar-refractivity contribution in [3.63, 3.8) is 0 Å². The smallest absolute Gasteiger partial charge is 0.153 e. The van der Waals surface area contributed by atoms with Crippen molar-refractivity contribution in [2.24, 2.45) is 0 Å². The van der Waals surface area contributed by atoms with Gasteiger partial charge in [-0.05, 0) is 22.0 Å². The van der Waals surface area contributed by atoms with Crippen molar-refractivity contribution < 1.29 is 13.2 Å². The zero-order valence-electron chi connectivity index (χ0n) is 10.0. The normalized spacial score (nSPS) is 11.7. The maximum absolute atomic E-state index is 11.1. The van der Waals surface area contributed by atoms with Gasteiger partial charge in [-0.1, -0.05) is 0 Å². The molecular formula is C11H11BrN2O3S2. The predicted molar refractivity (Wildman–Crippen MR) is 78.3 cm³/mol. The zero-order chi connectivity index (χ0) is 14.0. The van der Waals surface area contributed by atoms with Crippen LogP contribution in [0.4, 0.5) is 0 Å². The fraction of sp³-hybridized carbons (Fsp3) is 0.273. The van der Waals surface area contributed by atoms with Gasteiger partial charge in [-0.3, -0.25) is 9.48 Å². The van der Waals surface area contributed by atoms with Crippen molar-refractivity contribution in [1.82, 2.24) is 9.78 Å². The standard InChI is InChI=1S/C11H11BrN2O3S2/c1-19(16,17)3-2-14-5-8(6-15)11(13-14)10-4-9(12)7-18-10/h4-7H,2-3H2,1H3. The molecule has 2 rings (SSSR count). The van der Waals surface area contributed by atoms with Gasteiger partial charge in [-0.25, -0.2) is 8.42 Å². The fourth-order valence-corrected chi connectivity index (χ4v) is 3.48. The number of sulfone groups is 1. The van der Waals surface area contributed by atoms with Crippen LogP contribution in [0.2, 0.25) is 0 Å². The van der Waals surface area contributed by atoms with Crippen LogP contribution in [0, 0.1) is 0 Å². The first-order valence-corrected chi connectivity index (χ1v) is 9.07. The molecule has 8 heteroatoms. The minimum Gasteiger partial charge on any atom is -0.298 e. The number of thiophene rings is 1. The van der Waals surface area contributed by atoms with E-state index in [0.29, 0.717) is 11.3 Å². The molecule has 5 nitrogen and oxygen atoms in total. The first kappa shape index (κ1) is 14.4. The van der Waals surface area contributed by atoms with Gasteiger partial charge in [0.05, 0.1) is 22.7 Å². The Hall–Kier alpha value is -0.990. The molecule has 0 saturated carbocycles. The van der Waals surface area contributed by atoms with E-state index >= 15 is 0 Å². The molecule has 0 unspecified atom stereocenters. The van der Waals surface area contributed by atoms with Gasteiger partial charge in [0.25, 0.3) is 0 Å². The summed E-state index contributed by atoms with van der Waals surface area (Å²) < 4.78 is 24.7. The van der Waals surface area contributed by atoms with E-state index in [2.05, 4.69) is 21.0 Å². The van der Waals surface area contributed by atoms with E-state index < -0.39 is 9.84 Å². The number of nitrogens with zero attached hydrogens (tertiary/aromatic N) is 2. The number of hydrogen-bond donors (Lipinski definition) is 0. The fourth-order valence-electron chi connectivity index (χ4n) is 1.53. The summed E-state index contributed by atoms with van der Waals surface area (Å²) in [6.07, 6.45) is 3.47. The highest BCUT2D eigenvalue weighted by molar-refractivity contribution is 9.10. The van der Waals surface area contributed by atoms with Crippen molar-refractivity contribution in [2.45, 2.75) is 6.54 Å². The molecule has 2 heterocycles. The summed E-state index contributed by atoms with van der Waals surface area (Å²) in [7, 11) is -3.05. The SMILES string of the molecule is CS(=O)(=O)CCn1cc(C=O)c(-c2cc(Br)cs2)n1. The predicted octanol–water partition coefficient (Wildman–Crippen LogP) is 2.23.